The van der Waals surface area contributed by atoms with Gasteiger partial charge in [0.05, 0.1) is 19.6 Å². The summed E-state index contributed by atoms with van der Waals surface area (Å²) in [5, 5.41) is 0. The van der Waals surface area contributed by atoms with E-state index in [9.17, 15) is 9.59 Å². The zero-order valence-corrected chi connectivity index (χ0v) is 16.5. The molecule has 0 spiro atoms. The molecule has 25 heavy (non-hydrogen) atoms. The van der Waals surface area contributed by atoms with Gasteiger partial charge in [-0.2, -0.15) is 35.9 Å². The fourth-order valence-electron chi connectivity index (χ4n) is 1.52. The maximum Gasteiger partial charge on any atom is 2.00 e. The second-order valence-electron chi connectivity index (χ2n) is 5.26. The van der Waals surface area contributed by atoms with E-state index in [4.69, 9.17) is 4.74 Å². The van der Waals surface area contributed by atoms with Crippen LogP contribution < -0.4 is 0 Å². The first kappa shape index (κ1) is 25.4. The Labute approximate surface area is 161 Å². The third kappa shape index (κ3) is 15.4. The summed E-state index contributed by atoms with van der Waals surface area (Å²) in [4.78, 5) is 21.0. The van der Waals surface area contributed by atoms with Crippen molar-refractivity contribution in [2.75, 3.05) is 13.7 Å². The minimum Gasteiger partial charge on any atom is -0.469 e. The Morgan fingerprint density at radius 3 is 2.08 bits per heavy atom. The summed E-state index contributed by atoms with van der Waals surface area (Å²) in [6.45, 7) is 5.89. The smallest absolute Gasteiger partial charge is 0.469 e. The van der Waals surface area contributed by atoms with Crippen molar-refractivity contribution in [2.45, 2.75) is 33.6 Å². The van der Waals surface area contributed by atoms with Crippen molar-refractivity contribution in [3.05, 3.63) is 60.2 Å². The van der Waals surface area contributed by atoms with Crippen molar-refractivity contribution in [1.29, 1.82) is 0 Å². The summed E-state index contributed by atoms with van der Waals surface area (Å²) in [6, 6.07) is 18.0. The second-order valence-corrected chi connectivity index (χ2v) is 5.26. The zero-order chi connectivity index (χ0) is 18.2. The molecule has 2 rings (SSSR count). The number of esters is 2. The number of carbonyl (C=O) groups excluding carboxylic acids is 2. The van der Waals surface area contributed by atoms with Crippen LogP contribution in [-0.2, 0) is 42.6 Å². The van der Waals surface area contributed by atoms with Gasteiger partial charge in [0.2, 0.25) is 0 Å². The fraction of sp³-hybridized carbons (Fsp3) is 0.400. The Morgan fingerprint density at radius 1 is 1.12 bits per heavy atom. The molecule has 0 heterocycles. The van der Waals surface area contributed by atoms with E-state index >= 15 is 0 Å². The van der Waals surface area contributed by atoms with Gasteiger partial charge in [-0.05, 0) is 6.42 Å². The fourth-order valence-corrected chi connectivity index (χ4v) is 1.52. The van der Waals surface area contributed by atoms with E-state index in [1.165, 1.54) is 12.7 Å². The molecule has 140 valence electrons. The molecule has 0 bridgehead atoms. The van der Waals surface area contributed by atoms with Crippen LogP contribution in [0.15, 0.2) is 54.6 Å². The van der Waals surface area contributed by atoms with Gasteiger partial charge in [-0.15, -0.1) is 0 Å². The predicted molar refractivity (Wildman–Crippen MR) is 95.9 cm³/mol. The number of carbonyl (C=O) groups is 2. The van der Waals surface area contributed by atoms with Gasteiger partial charge in [0, 0.05) is 6.42 Å². The number of hydrogen-bond acceptors (Lipinski definition) is 4. The van der Waals surface area contributed by atoms with Crippen LogP contribution in [0.4, 0.5) is 0 Å². The maximum absolute atomic E-state index is 10.7. The molecule has 0 aliphatic heterocycles. The standard InChI is InChI=1S/C10H13O2.C5H10O2.C5H5.Fe/c1-2-10(11)12-8-7-9-5-3-4-6-9;1-4(2)5(6)7-3;1-2-4-5-3-1;/h3-6H,2,7-8H2,1H3;4H,1-3H3;1-5H;/q-1;;-1;+2. The largest absolute Gasteiger partial charge is 2.00 e. The van der Waals surface area contributed by atoms with Crippen molar-refractivity contribution in [2.24, 2.45) is 5.92 Å². The molecule has 2 aromatic carbocycles. The van der Waals surface area contributed by atoms with Gasteiger partial charge < -0.3 is 9.47 Å². The molecule has 0 amide bonds. The third-order valence-electron chi connectivity index (χ3n) is 2.90. The first-order chi connectivity index (χ1) is 11.5. The van der Waals surface area contributed by atoms with Gasteiger partial charge in [-0.3, -0.25) is 9.59 Å². The van der Waals surface area contributed by atoms with E-state index < -0.39 is 0 Å². The summed E-state index contributed by atoms with van der Waals surface area (Å²) in [6.07, 6.45) is 1.28. The van der Waals surface area contributed by atoms with Crippen LogP contribution in [-0.4, -0.2) is 25.7 Å². The monoisotopic (exact) mass is 388 g/mol. The number of methoxy groups -OCH3 is 1. The maximum atomic E-state index is 10.7. The molecular weight excluding hydrogens is 360 g/mol. The van der Waals surface area contributed by atoms with Crippen LogP contribution in [0.25, 0.3) is 0 Å². The van der Waals surface area contributed by atoms with Gasteiger partial charge in [0.15, 0.2) is 0 Å². The molecule has 0 aromatic heterocycles. The predicted octanol–water partition coefficient (Wildman–Crippen LogP) is 4.12. The normalized spacial score (nSPS) is 8.84. The van der Waals surface area contributed by atoms with E-state index in [0.29, 0.717) is 13.0 Å². The van der Waals surface area contributed by atoms with Crippen molar-refractivity contribution >= 4 is 11.9 Å². The average Bonchev–Trinajstić information content (AvgIpc) is 3.30. The van der Waals surface area contributed by atoms with E-state index in [0.717, 1.165) is 6.42 Å². The van der Waals surface area contributed by atoms with E-state index in [1.807, 2.05) is 54.6 Å². The minimum absolute atomic E-state index is 0. The summed E-state index contributed by atoms with van der Waals surface area (Å²) in [5.74, 6) is -0.272. The molecule has 0 saturated carbocycles. The first-order valence-corrected chi connectivity index (χ1v) is 8.12. The van der Waals surface area contributed by atoms with Gasteiger partial charge in [-0.25, -0.2) is 24.3 Å². The van der Waals surface area contributed by atoms with Gasteiger partial charge in [-0.1, -0.05) is 20.8 Å². The van der Waals surface area contributed by atoms with Crippen molar-refractivity contribution in [3.63, 3.8) is 0 Å². The molecule has 0 aliphatic carbocycles. The Balaban J connectivity index is 0. The van der Waals surface area contributed by atoms with Crippen LogP contribution in [0.5, 0.6) is 0 Å². The topological polar surface area (TPSA) is 52.6 Å². The molecule has 0 aliphatic rings. The van der Waals surface area contributed by atoms with Crippen molar-refractivity contribution < 1.29 is 36.1 Å². The number of rotatable bonds is 5. The van der Waals surface area contributed by atoms with Crippen LogP contribution in [0.1, 0.15) is 32.8 Å². The molecule has 0 fully saturated rings. The van der Waals surface area contributed by atoms with Crippen LogP contribution in [0, 0.1) is 5.92 Å². The molecule has 0 unspecified atom stereocenters. The summed E-state index contributed by atoms with van der Waals surface area (Å²) in [5.41, 5.74) is 1.22. The Morgan fingerprint density at radius 2 is 1.76 bits per heavy atom. The van der Waals surface area contributed by atoms with E-state index in [-0.39, 0.29) is 34.9 Å². The molecule has 0 radical (unpaired) electrons. The van der Waals surface area contributed by atoms with Crippen molar-refractivity contribution in [3.8, 4) is 0 Å². The van der Waals surface area contributed by atoms with Crippen LogP contribution >= 0.6 is 0 Å². The number of ether oxygens (including phenoxy) is 2. The Bertz CT molecular complexity index is 499. The Kier molecular flexibility index (Phi) is 17.3. The minimum atomic E-state index is -0.153. The molecule has 0 N–H and O–H groups in total. The first-order valence-electron chi connectivity index (χ1n) is 8.12. The van der Waals surface area contributed by atoms with E-state index in [1.54, 1.807) is 20.8 Å². The molecule has 2 aromatic rings. The Hall–Kier alpha value is -1.84. The molecular formula is C20H28FeO4. The van der Waals surface area contributed by atoms with Crippen molar-refractivity contribution in [1.82, 2.24) is 0 Å². The van der Waals surface area contributed by atoms with Crippen LogP contribution in [0.2, 0.25) is 0 Å². The van der Waals surface area contributed by atoms with Crippen LogP contribution in [0.3, 0.4) is 0 Å². The molecule has 0 atom stereocenters. The summed E-state index contributed by atoms with van der Waals surface area (Å²) < 4.78 is 9.30. The zero-order valence-electron chi connectivity index (χ0n) is 15.4. The SMILES string of the molecule is CCC(=O)OCCc1ccc[cH-]1.COC(=O)C(C)C.[Fe+2].c1cc[cH-]c1. The van der Waals surface area contributed by atoms with E-state index in [2.05, 4.69) is 4.74 Å². The number of hydrogen-bond donors (Lipinski definition) is 0. The third-order valence-corrected chi connectivity index (χ3v) is 2.90. The summed E-state index contributed by atoms with van der Waals surface area (Å²) >= 11 is 0. The average molecular weight is 388 g/mol. The summed E-state index contributed by atoms with van der Waals surface area (Å²) in [7, 11) is 1.39. The van der Waals surface area contributed by atoms with Gasteiger partial charge >= 0.3 is 29.0 Å². The second kappa shape index (κ2) is 17.0. The van der Waals surface area contributed by atoms with Gasteiger partial charge in [0.25, 0.3) is 0 Å². The molecule has 0 saturated heterocycles. The molecule has 5 heteroatoms. The van der Waals surface area contributed by atoms with Gasteiger partial charge in [0.1, 0.15) is 0 Å². The quantitative estimate of drug-likeness (QED) is 0.439. The molecule has 4 nitrogen and oxygen atoms in total.